The van der Waals surface area contributed by atoms with Gasteiger partial charge in [0, 0.05) is 49.1 Å². The highest BCUT2D eigenvalue weighted by atomic mass is 32.2. The first-order chi connectivity index (χ1) is 17.7. The molecule has 1 aromatic carbocycles. The van der Waals surface area contributed by atoms with Crippen LogP contribution in [0.5, 0.6) is 0 Å². The molecule has 3 unspecified atom stereocenters. The van der Waals surface area contributed by atoms with Crippen molar-refractivity contribution in [2.24, 2.45) is 11.7 Å². The molecule has 5 N–H and O–H groups in total. The van der Waals surface area contributed by atoms with Crippen molar-refractivity contribution in [2.45, 2.75) is 61.5 Å². The minimum absolute atomic E-state index is 0.00588. The lowest BCUT2D eigenvalue weighted by molar-refractivity contribution is -0.127. The second-order valence-electron chi connectivity index (χ2n) is 10.3. The number of nitrogens with zero attached hydrogens (tertiary/aromatic N) is 3. The monoisotopic (exact) mass is 527 g/mol. The van der Waals surface area contributed by atoms with Gasteiger partial charge in [-0.3, -0.25) is 9.59 Å². The first-order valence-corrected chi connectivity index (χ1v) is 14.6. The molecule has 3 aliphatic rings. The SMILES string of the molecule is CS(=O)(=O)c1ccc(Nc2nc(N3CCCC(NC(=O)C4CC5CCC(C4)N5)C3)cnc2C(N)=O)cc1. The average Bonchev–Trinajstić information content (AvgIpc) is 3.21. The van der Waals surface area contributed by atoms with Gasteiger partial charge in [-0.2, -0.15) is 0 Å². The summed E-state index contributed by atoms with van der Waals surface area (Å²) in [5.74, 6) is 0.232. The minimum Gasteiger partial charge on any atom is -0.364 e. The van der Waals surface area contributed by atoms with Crippen molar-refractivity contribution in [3.8, 4) is 0 Å². The number of piperidine rings is 2. The van der Waals surface area contributed by atoms with Crippen LogP contribution < -0.4 is 26.6 Å². The molecule has 12 heteroatoms. The number of hydrogen-bond donors (Lipinski definition) is 4. The Morgan fingerprint density at radius 3 is 2.46 bits per heavy atom. The van der Waals surface area contributed by atoms with Crippen LogP contribution in [0, 0.1) is 5.92 Å². The number of benzene rings is 1. The number of aromatic nitrogens is 2. The molecule has 3 fully saturated rings. The Hall–Kier alpha value is -3.25. The summed E-state index contributed by atoms with van der Waals surface area (Å²) < 4.78 is 23.5. The summed E-state index contributed by atoms with van der Waals surface area (Å²) in [5.41, 5.74) is 6.05. The van der Waals surface area contributed by atoms with Gasteiger partial charge in [0.25, 0.3) is 5.91 Å². The third kappa shape index (κ3) is 5.85. The number of anilines is 3. The number of amides is 2. The Morgan fingerprint density at radius 1 is 1.11 bits per heavy atom. The molecule has 3 saturated heterocycles. The van der Waals surface area contributed by atoms with Crippen molar-refractivity contribution in [3.05, 3.63) is 36.2 Å². The number of carbonyl (C=O) groups excluding carboxylic acids is 2. The fraction of sp³-hybridized carbons (Fsp3) is 0.520. The lowest BCUT2D eigenvalue weighted by atomic mass is 9.91. The van der Waals surface area contributed by atoms with Crippen molar-refractivity contribution >= 4 is 39.0 Å². The second-order valence-corrected chi connectivity index (χ2v) is 12.3. The summed E-state index contributed by atoms with van der Waals surface area (Å²) in [7, 11) is -3.33. The summed E-state index contributed by atoms with van der Waals surface area (Å²) in [5, 5.41) is 9.89. The highest BCUT2D eigenvalue weighted by Gasteiger charge is 2.37. The Kier molecular flexibility index (Phi) is 7.04. The Balaban J connectivity index is 1.28. The summed E-state index contributed by atoms with van der Waals surface area (Å²) in [4.78, 5) is 36.1. The molecule has 3 atom stereocenters. The third-order valence-electron chi connectivity index (χ3n) is 7.47. The quantitative estimate of drug-likeness (QED) is 0.417. The number of sulfone groups is 1. The predicted octanol–water partition coefficient (Wildman–Crippen LogP) is 1.34. The summed E-state index contributed by atoms with van der Waals surface area (Å²) >= 11 is 0. The molecule has 37 heavy (non-hydrogen) atoms. The van der Waals surface area contributed by atoms with Gasteiger partial charge < -0.3 is 26.6 Å². The molecule has 0 saturated carbocycles. The second kappa shape index (κ2) is 10.3. The summed E-state index contributed by atoms with van der Waals surface area (Å²) in [6, 6.07) is 7.07. The number of carbonyl (C=O) groups is 2. The van der Waals surface area contributed by atoms with E-state index in [9.17, 15) is 18.0 Å². The maximum absolute atomic E-state index is 13.0. The number of nitrogens with two attached hydrogens (primary N) is 1. The zero-order chi connectivity index (χ0) is 26.2. The number of hydrogen-bond acceptors (Lipinski definition) is 9. The molecule has 1 aromatic heterocycles. The molecule has 11 nitrogen and oxygen atoms in total. The van der Waals surface area contributed by atoms with Crippen molar-refractivity contribution < 1.29 is 18.0 Å². The van der Waals surface area contributed by atoms with Crippen LogP contribution in [0.3, 0.4) is 0 Å². The Bertz CT molecular complexity index is 1270. The molecule has 198 valence electrons. The van der Waals surface area contributed by atoms with Gasteiger partial charge >= 0.3 is 0 Å². The molecule has 3 aliphatic heterocycles. The molecule has 2 aromatic rings. The molecule has 0 aliphatic carbocycles. The zero-order valence-electron chi connectivity index (χ0n) is 20.8. The zero-order valence-corrected chi connectivity index (χ0v) is 21.6. The van der Waals surface area contributed by atoms with Crippen LogP contribution in [-0.2, 0) is 14.6 Å². The van der Waals surface area contributed by atoms with Gasteiger partial charge in [-0.1, -0.05) is 0 Å². The van der Waals surface area contributed by atoms with E-state index >= 15 is 0 Å². The van der Waals surface area contributed by atoms with Crippen LogP contribution in [-0.4, -0.2) is 67.7 Å². The maximum Gasteiger partial charge on any atom is 0.271 e. The summed E-state index contributed by atoms with van der Waals surface area (Å²) in [6.07, 6.45) is 8.56. The van der Waals surface area contributed by atoms with E-state index < -0.39 is 15.7 Å². The summed E-state index contributed by atoms with van der Waals surface area (Å²) in [6.45, 7) is 1.34. The topological polar surface area (TPSA) is 159 Å². The normalized spacial score (nSPS) is 25.5. The number of fused-ring (bicyclic) bond motifs is 2. The van der Waals surface area contributed by atoms with Gasteiger partial charge in [0.05, 0.1) is 11.1 Å². The van der Waals surface area contributed by atoms with E-state index in [0.717, 1.165) is 51.3 Å². The van der Waals surface area contributed by atoms with E-state index in [-0.39, 0.29) is 34.3 Å². The Morgan fingerprint density at radius 2 is 1.81 bits per heavy atom. The van der Waals surface area contributed by atoms with Crippen molar-refractivity contribution in [2.75, 3.05) is 29.6 Å². The highest BCUT2D eigenvalue weighted by molar-refractivity contribution is 7.90. The van der Waals surface area contributed by atoms with Crippen LogP contribution in [0.4, 0.5) is 17.3 Å². The van der Waals surface area contributed by atoms with E-state index in [1.807, 2.05) is 0 Å². The van der Waals surface area contributed by atoms with Crippen LogP contribution in [0.1, 0.15) is 49.0 Å². The molecule has 0 radical (unpaired) electrons. The van der Waals surface area contributed by atoms with E-state index in [1.54, 1.807) is 12.1 Å². The van der Waals surface area contributed by atoms with Crippen LogP contribution in [0.15, 0.2) is 35.4 Å². The van der Waals surface area contributed by atoms with Crippen LogP contribution >= 0.6 is 0 Å². The van der Waals surface area contributed by atoms with Crippen LogP contribution in [0.2, 0.25) is 0 Å². The van der Waals surface area contributed by atoms with Gasteiger partial charge in [0.1, 0.15) is 5.82 Å². The lowest BCUT2D eigenvalue weighted by Gasteiger charge is -2.35. The fourth-order valence-electron chi connectivity index (χ4n) is 5.62. The smallest absolute Gasteiger partial charge is 0.271 e. The van der Waals surface area contributed by atoms with Gasteiger partial charge in [-0.05, 0) is 62.8 Å². The Labute approximate surface area is 216 Å². The standard InChI is InChI=1S/C25H33N7O4S/c1-37(35,36)20-8-6-16(7-9-20)29-24-22(23(26)33)27-13-21(31-24)32-10-2-3-19(14-32)30-25(34)15-11-17-4-5-18(12-15)28-17/h6-9,13,15,17-19,28H,2-5,10-12,14H2,1H3,(H2,26,33)(H,29,31)(H,30,34). The first-order valence-electron chi connectivity index (χ1n) is 12.7. The predicted molar refractivity (Wildman–Crippen MR) is 139 cm³/mol. The number of primary amides is 1. The maximum atomic E-state index is 13.0. The molecule has 2 bridgehead atoms. The van der Waals surface area contributed by atoms with Gasteiger partial charge in [0.15, 0.2) is 21.3 Å². The van der Waals surface area contributed by atoms with Gasteiger partial charge in [-0.15, -0.1) is 0 Å². The van der Waals surface area contributed by atoms with E-state index in [1.165, 1.54) is 18.3 Å². The number of rotatable bonds is 7. The first kappa shape index (κ1) is 25.4. The fourth-order valence-corrected chi connectivity index (χ4v) is 6.25. The largest absolute Gasteiger partial charge is 0.364 e. The van der Waals surface area contributed by atoms with E-state index in [2.05, 4.69) is 30.8 Å². The van der Waals surface area contributed by atoms with Crippen molar-refractivity contribution in [1.82, 2.24) is 20.6 Å². The highest BCUT2D eigenvalue weighted by Crippen LogP contribution is 2.31. The van der Waals surface area contributed by atoms with Crippen molar-refractivity contribution in [1.29, 1.82) is 0 Å². The van der Waals surface area contributed by atoms with E-state index in [0.29, 0.717) is 30.1 Å². The van der Waals surface area contributed by atoms with E-state index in [4.69, 9.17) is 5.73 Å². The molecule has 4 heterocycles. The number of nitrogens with one attached hydrogen (secondary N) is 3. The molecule has 5 rings (SSSR count). The van der Waals surface area contributed by atoms with Crippen molar-refractivity contribution in [3.63, 3.8) is 0 Å². The average molecular weight is 528 g/mol. The third-order valence-corrected chi connectivity index (χ3v) is 8.60. The van der Waals surface area contributed by atoms with Gasteiger partial charge in [-0.25, -0.2) is 18.4 Å². The van der Waals surface area contributed by atoms with Crippen LogP contribution in [0.25, 0.3) is 0 Å². The van der Waals surface area contributed by atoms with Gasteiger partial charge in [0.2, 0.25) is 5.91 Å². The molecular weight excluding hydrogens is 494 g/mol. The minimum atomic E-state index is -3.33. The molecule has 2 amide bonds. The molecule has 0 spiro atoms. The lowest BCUT2D eigenvalue weighted by Crippen LogP contribution is -2.51. The molecular formula is C25H33N7O4S.